The van der Waals surface area contributed by atoms with E-state index in [-0.39, 0.29) is 11.6 Å². The van der Waals surface area contributed by atoms with Gasteiger partial charge >= 0.3 is 6.61 Å². The normalized spacial score (nSPS) is 11.2. The SMILES string of the molecule is CCN(Cc1ccc(OC)c(OC)c1)Cc1nc(-c2ccccc2OC(F)F)no1. The third kappa shape index (κ3) is 5.24. The molecule has 0 N–H and O–H groups in total. The monoisotopic (exact) mass is 419 g/mol. The Bertz CT molecular complexity index is 965. The van der Waals surface area contributed by atoms with Gasteiger partial charge in [-0.2, -0.15) is 13.8 Å². The first-order valence-corrected chi connectivity index (χ1v) is 9.34. The molecule has 2 aromatic carbocycles. The van der Waals surface area contributed by atoms with Crippen molar-refractivity contribution in [2.45, 2.75) is 26.6 Å². The number of ether oxygens (including phenoxy) is 3. The molecule has 0 saturated heterocycles. The second-order valence-electron chi connectivity index (χ2n) is 6.38. The van der Waals surface area contributed by atoms with Crippen molar-refractivity contribution < 1.29 is 27.5 Å². The summed E-state index contributed by atoms with van der Waals surface area (Å²) in [6, 6.07) is 12.1. The number of hydrogen-bond donors (Lipinski definition) is 0. The molecular formula is C21H23F2N3O4. The van der Waals surface area contributed by atoms with Crippen LogP contribution in [-0.2, 0) is 13.1 Å². The van der Waals surface area contributed by atoms with Crippen LogP contribution >= 0.6 is 0 Å². The number of benzene rings is 2. The lowest BCUT2D eigenvalue weighted by molar-refractivity contribution is -0.0494. The molecule has 0 unspecified atom stereocenters. The second-order valence-corrected chi connectivity index (χ2v) is 6.38. The Kier molecular flexibility index (Phi) is 7.18. The van der Waals surface area contributed by atoms with Crippen molar-refractivity contribution in [1.29, 1.82) is 0 Å². The van der Waals surface area contributed by atoms with Crippen LogP contribution < -0.4 is 14.2 Å². The lowest BCUT2D eigenvalue weighted by atomic mass is 10.2. The average molecular weight is 419 g/mol. The smallest absolute Gasteiger partial charge is 0.387 e. The Morgan fingerprint density at radius 2 is 1.77 bits per heavy atom. The topological polar surface area (TPSA) is 69.9 Å². The van der Waals surface area contributed by atoms with E-state index in [2.05, 4.69) is 19.8 Å². The van der Waals surface area contributed by atoms with Crippen molar-refractivity contribution >= 4 is 0 Å². The number of nitrogens with zero attached hydrogens (tertiary/aromatic N) is 3. The molecule has 0 aliphatic heterocycles. The highest BCUT2D eigenvalue weighted by Crippen LogP contribution is 2.30. The van der Waals surface area contributed by atoms with Crippen LogP contribution in [0.5, 0.6) is 17.2 Å². The van der Waals surface area contributed by atoms with E-state index in [1.165, 1.54) is 6.07 Å². The highest BCUT2D eigenvalue weighted by atomic mass is 19.3. The van der Waals surface area contributed by atoms with Crippen molar-refractivity contribution in [3.8, 4) is 28.6 Å². The summed E-state index contributed by atoms with van der Waals surface area (Å²) in [5, 5.41) is 3.92. The fraction of sp³-hybridized carbons (Fsp3) is 0.333. The van der Waals surface area contributed by atoms with Gasteiger partial charge in [0.2, 0.25) is 11.7 Å². The second kappa shape index (κ2) is 10.0. The lowest BCUT2D eigenvalue weighted by Crippen LogP contribution is -2.22. The molecular weight excluding hydrogens is 396 g/mol. The van der Waals surface area contributed by atoms with E-state index in [4.69, 9.17) is 14.0 Å². The highest BCUT2D eigenvalue weighted by Gasteiger charge is 2.17. The summed E-state index contributed by atoms with van der Waals surface area (Å²) in [4.78, 5) is 6.45. The van der Waals surface area contributed by atoms with Crippen molar-refractivity contribution in [3.05, 3.63) is 53.9 Å². The van der Waals surface area contributed by atoms with Crippen LogP contribution in [0.3, 0.4) is 0 Å². The summed E-state index contributed by atoms with van der Waals surface area (Å²) in [5.74, 6) is 1.89. The van der Waals surface area contributed by atoms with Gasteiger partial charge in [0.15, 0.2) is 11.5 Å². The van der Waals surface area contributed by atoms with Crippen molar-refractivity contribution in [2.75, 3.05) is 20.8 Å². The summed E-state index contributed by atoms with van der Waals surface area (Å²) < 4.78 is 45.8. The molecule has 160 valence electrons. The van der Waals surface area contributed by atoms with E-state index in [0.717, 1.165) is 12.1 Å². The maximum atomic E-state index is 12.6. The summed E-state index contributed by atoms with van der Waals surface area (Å²) in [5.41, 5.74) is 1.38. The summed E-state index contributed by atoms with van der Waals surface area (Å²) >= 11 is 0. The largest absolute Gasteiger partial charge is 0.493 e. The van der Waals surface area contributed by atoms with Gasteiger partial charge in [0, 0.05) is 6.54 Å². The molecule has 0 aliphatic rings. The third-order valence-corrected chi connectivity index (χ3v) is 4.47. The van der Waals surface area contributed by atoms with Gasteiger partial charge < -0.3 is 18.7 Å². The van der Waals surface area contributed by atoms with Crippen LogP contribution in [0.2, 0.25) is 0 Å². The molecule has 9 heteroatoms. The Morgan fingerprint density at radius 1 is 1.00 bits per heavy atom. The zero-order valence-corrected chi connectivity index (χ0v) is 17.0. The first-order valence-electron chi connectivity index (χ1n) is 9.34. The minimum atomic E-state index is -2.94. The molecule has 0 radical (unpaired) electrons. The summed E-state index contributed by atoms with van der Waals surface area (Å²) in [7, 11) is 3.18. The van der Waals surface area contributed by atoms with E-state index in [1.54, 1.807) is 32.4 Å². The number of hydrogen-bond acceptors (Lipinski definition) is 7. The first kappa shape index (κ1) is 21.5. The predicted molar refractivity (Wildman–Crippen MR) is 106 cm³/mol. The third-order valence-electron chi connectivity index (χ3n) is 4.47. The van der Waals surface area contributed by atoms with Crippen LogP contribution in [0.4, 0.5) is 8.78 Å². The molecule has 0 aliphatic carbocycles. The molecule has 0 amide bonds. The van der Waals surface area contributed by atoms with E-state index in [0.29, 0.717) is 36.0 Å². The molecule has 7 nitrogen and oxygen atoms in total. The fourth-order valence-corrected chi connectivity index (χ4v) is 2.99. The lowest BCUT2D eigenvalue weighted by Gasteiger charge is -2.19. The molecule has 0 spiro atoms. The number of rotatable bonds is 10. The number of aromatic nitrogens is 2. The maximum absolute atomic E-state index is 12.6. The molecule has 30 heavy (non-hydrogen) atoms. The van der Waals surface area contributed by atoms with Gasteiger partial charge in [0.05, 0.1) is 26.3 Å². The van der Waals surface area contributed by atoms with Gasteiger partial charge in [-0.3, -0.25) is 4.90 Å². The van der Waals surface area contributed by atoms with E-state index in [1.807, 2.05) is 25.1 Å². The number of alkyl halides is 2. The van der Waals surface area contributed by atoms with Gasteiger partial charge in [0.25, 0.3) is 0 Å². The van der Waals surface area contributed by atoms with Crippen LogP contribution in [0, 0.1) is 0 Å². The van der Waals surface area contributed by atoms with Crippen molar-refractivity contribution in [3.63, 3.8) is 0 Å². The minimum absolute atomic E-state index is 0.00229. The van der Waals surface area contributed by atoms with E-state index < -0.39 is 6.61 Å². The molecule has 0 atom stereocenters. The van der Waals surface area contributed by atoms with Crippen LogP contribution in [0.25, 0.3) is 11.4 Å². The van der Waals surface area contributed by atoms with Gasteiger partial charge in [0.1, 0.15) is 5.75 Å². The molecule has 1 aromatic heterocycles. The number of halogens is 2. The Morgan fingerprint density at radius 3 is 2.47 bits per heavy atom. The van der Waals surface area contributed by atoms with Crippen molar-refractivity contribution in [1.82, 2.24) is 15.0 Å². The quantitative estimate of drug-likeness (QED) is 0.483. The standard InChI is InChI=1S/C21H23F2N3O4/c1-4-26(12-14-9-10-17(27-2)18(11-14)28-3)13-19-24-20(25-30-19)15-7-5-6-8-16(15)29-21(22)23/h5-11,21H,4,12-13H2,1-3H3. The van der Waals surface area contributed by atoms with Gasteiger partial charge in [-0.15, -0.1) is 0 Å². The summed E-state index contributed by atoms with van der Waals surface area (Å²) in [6.07, 6.45) is 0. The number of methoxy groups -OCH3 is 2. The van der Waals surface area contributed by atoms with Gasteiger partial charge in [-0.25, -0.2) is 0 Å². The molecule has 0 bridgehead atoms. The molecule has 3 rings (SSSR count). The van der Waals surface area contributed by atoms with Gasteiger partial charge in [-0.05, 0) is 36.4 Å². The Balaban J connectivity index is 1.73. The highest BCUT2D eigenvalue weighted by molar-refractivity contribution is 5.63. The molecule has 3 aromatic rings. The maximum Gasteiger partial charge on any atom is 0.387 e. The minimum Gasteiger partial charge on any atom is -0.493 e. The van der Waals surface area contributed by atoms with E-state index >= 15 is 0 Å². The van der Waals surface area contributed by atoms with Crippen LogP contribution in [0.15, 0.2) is 47.0 Å². The molecule has 0 fully saturated rings. The predicted octanol–water partition coefficient (Wildman–Crippen LogP) is 4.38. The number of para-hydroxylation sites is 1. The molecule has 0 saturated carbocycles. The average Bonchev–Trinajstić information content (AvgIpc) is 3.21. The van der Waals surface area contributed by atoms with Crippen molar-refractivity contribution in [2.24, 2.45) is 0 Å². The Labute approximate surface area is 173 Å². The van der Waals surface area contributed by atoms with E-state index in [9.17, 15) is 8.78 Å². The first-order chi connectivity index (χ1) is 14.5. The zero-order chi connectivity index (χ0) is 21.5. The molecule has 1 heterocycles. The summed E-state index contributed by atoms with van der Waals surface area (Å²) in [6.45, 7) is 0.839. The Hall–Kier alpha value is -3.20. The fourth-order valence-electron chi connectivity index (χ4n) is 2.99. The van der Waals surface area contributed by atoms with Crippen LogP contribution in [0.1, 0.15) is 18.4 Å². The zero-order valence-electron chi connectivity index (χ0n) is 17.0. The van der Waals surface area contributed by atoms with Gasteiger partial charge in [-0.1, -0.05) is 30.3 Å². The van der Waals surface area contributed by atoms with Crippen LogP contribution in [-0.4, -0.2) is 42.4 Å².